The molecule has 0 saturated carbocycles. The fraction of sp³-hybridized carbons (Fsp3) is 0.154. The summed E-state index contributed by atoms with van der Waals surface area (Å²) in [4.78, 5) is 5.14. The van der Waals surface area contributed by atoms with E-state index in [1.54, 1.807) is 24.0 Å². The van der Waals surface area contributed by atoms with Crippen molar-refractivity contribution in [2.45, 2.75) is 4.90 Å². The molecule has 0 bridgehead atoms. The van der Waals surface area contributed by atoms with Gasteiger partial charge in [-0.05, 0) is 30.3 Å². The van der Waals surface area contributed by atoms with Gasteiger partial charge in [0, 0.05) is 21.3 Å². The Balaban J connectivity index is 1.74. The van der Waals surface area contributed by atoms with Gasteiger partial charge >= 0.3 is 0 Å². The van der Waals surface area contributed by atoms with Gasteiger partial charge in [0.05, 0.1) is 6.61 Å². The Bertz CT molecular complexity index is 505. The lowest BCUT2D eigenvalue weighted by molar-refractivity contribution is 0.344. The second kappa shape index (κ2) is 6.66. The first kappa shape index (κ1) is 13.2. The van der Waals surface area contributed by atoms with Gasteiger partial charge in [-0.1, -0.05) is 22.0 Å². The van der Waals surface area contributed by atoms with Crippen molar-refractivity contribution in [1.82, 2.24) is 4.98 Å². The Morgan fingerprint density at radius 2 is 2.17 bits per heavy atom. The molecule has 2 N–H and O–H groups in total. The third kappa shape index (κ3) is 4.23. The van der Waals surface area contributed by atoms with Crippen molar-refractivity contribution in [3.8, 4) is 5.75 Å². The van der Waals surface area contributed by atoms with Crippen LogP contribution in [-0.2, 0) is 0 Å². The van der Waals surface area contributed by atoms with E-state index in [2.05, 4.69) is 20.9 Å². The lowest BCUT2D eigenvalue weighted by Gasteiger charge is -2.06. The average molecular weight is 325 g/mol. The first-order valence-electron chi connectivity index (χ1n) is 5.47. The molecule has 0 atom stereocenters. The summed E-state index contributed by atoms with van der Waals surface area (Å²) >= 11 is 5.11. The van der Waals surface area contributed by atoms with E-state index in [1.165, 1.54) is 0 Å². The van der Waals surface area contributed by atoms with Gasteiger partial charge in [-0.2, -0.15) is 0 Å². The van der Waals surface area contributed by atoms with Crippen molar-refractivity contribution in [1.29, 1.82) is 0 Å². The summed E-state index contributed by atoms with van der Waals surface area (Å²) in [5.41, 5.74) is 5.52. The van der Waals surface area contributed by atoms with E-state index < -0.39 is 0 Å². The lowest BCUT2D eigenvalue weighted by Crippen LogP contribution is -2.00. The number of nitrogens with two attached hydrogens (primary N) is 1. The Morgan fingerprint density at radius 1 is 1.28 bits per heavy atom. The number of hydrogen-bond acceptors (Lipinski definition) is 4. The number of ether oxygens (including phenoxy) is 1. The molecule has 1 aromatic carbocycles. The van der Waals surface area contributed by atoms with E-state index >= 15 is 0 Å². The first-order chi connectivity index (χ1) is 8.74. The molecule has 0 fully saturated rings. The smallest absolute Gasteiger partial charge is 0.123 e. The van der Waals surface area contributed by atoms with Crippen LogP contribution in [0.5, 0.6) is 5.75 Å². The minimum absolute atomic E-state index is 0.546. The molecule has 0 aliphatic rings. The number of pyridine rings is 1. The highest BCUT2D eigenvalue weighted by Crippen LogP contribution is 2.20. The van der Waals surface area contributed by atoms with Crippen LogP contribution in [0.2, 0.25) is 0 Å². The quantitative estimate of drug-likeness (QED) is 0.674. The zero-order valence-corrected chi connectivity index (χ0v) is 12.1. The van der Waals surface area contributed by atoms with E-state index in [1.807, 2.05) is 30.3 Å². The number of halogens is 1. The molecule has 1 aromatic heterocycles. The number of benzene rings is 1. The monoisotopic (exact) mass is 324 g/mol. The first-order valence-corrected chi connectivity index (χ1v) is 7.24. The van der Waals surface area contributed by atoms with Crippen molar-refractivity contribution in [2.24, 2.45) is 0 Å². The third-order valence-electron chi connectivity index (χ3n) is 2.18. The van der Waals surface area contributed by atoms with E-state index in [0.717, 1.165) is 20.9 Å². The van der Waals surface area contributed by atoms with Crippen LogP contribution in [0.15, 0.2) is 52.0 Å². The van der Waals surface area contributed by atoms with Crippen LogP contribution in [0.1, 0.15) is 0 Å². The average Bonchev–Trinajstić information content (AvgIpc) is 2.37. The zero-order valence-electron chi connectivity index (χ0n) is 9.67. The molecule has 94 valence electrons. The largest absolute Gasteiger partial charge is 0.493 e. The fourth-order valence-corrected chi connectivity index (χ4v) is 2.43. The van der Waals surface area contributed by atoms with Gasteiger partial charge in [-0.25, -0.2) is 4.98 Å². The summed E-state index contributed by atoms with van der Waals surface area (Å²) in [6.45, 7) is 0.658. The van der Waals surface area contributed by atoms with Crippen LogP contribution in [0, 0.1) is 0 Å². The summed E-state index contributed by atoms with van der Waals surface area (Å²) in [7, 11) is 0. The van der Waals surface area contributed by atoms with Crippen molar-refractivity contribution >= 4 is 33.5 Å². The molecule has 5 heteroatoms. The van der Waals surface area contributed by atoms with Crippen LogP contribution in [0.3, 0.4) is 0 Å². The van der Waals surface area contributed by atoms with Crippen molar-refractivity contribution in [2.75, 3.05) is 18.1 Å². The van der Waals surface area contributed by atoms with Gasteiger partial charge in [0.2, 0.25) is 0 Å². The standard InChI is InChI=1S/C13H13BrN2OS/c14-10-2-1-3-11(8-10)17-6-7-18-12-4-5-13(15)16-9-12/h1-5,8-9H,6-7H2,(H2,15,16). The number of nitrogens with zero attached hydrogens (tertiary/aromatic N) is 1. The summed E-state index contributed by atoms with van der Waals surface area (Å²) < 4.78 is 6.66. The van der Waals surface area contributed by atoms with E-state index in [4.69, 9.17) is 10.5 Å². The molecule has 0 saturated heterocycles. The second-order valence-corrected chi connectivity index (χ2v) is 5.66. The SMILES string of the molecule is Nc1ccc(SCCOc2cccc(Br)c2)cn1. The van der Waals surface area contributed by atoms with Gasteiger partial charge in [0.1, 0.15) is 11.6 Å². The molecule has 0 amide bonds. The minimum Gasteiger partial charge on any atom is -0.493 e. The van der Waals surface area contributed by atoms with E-state index in [9.17, 15) is 0 Å². The van der Waals surface area contributed by atoms with Gasteiger partial charge in [0.15, 0.2) is 0 Å². The molecule has 0 spiro atoms. The van der Waals surface area contributed by atoms with Crippen molar-refractivity contribution in [3.63, 3.8) is 0 Å². The maximum atomic E-state index is 5.64. The Hall–Kier alpha value is -1.20. The highest BCUT2D eigenvalue weighted by molar-refractivity contribution is 9.10. The minimum atomic E-state index is 0.546. The van der Waals surface area contributed by atoms with E-state index in [0.29, 0.717) is 12.4 Å². The van der Waals surface area contributed by atoms with Gasteiger partial charge < -0.3 is 10.5 Å². The van der Waals surface area contributed by atoms with Crippen molar-refractivity contribution in [3.05, 3.63) is 47.1 Å². The Morgan fingerprint density at radius 3 is 2.89 bits per heavy atom. The Kier molecular flexibility index (Phi) is 4.90. The lowest BCUT2D eigenvalue weighted by atomic mass is 10.3. The van der Waals surface area contributed by atoms with E-state index in [-0.39, 0.29) is 0 Å². The molecular formula is C13H13BrN2OS. The van der Waals surface area contributed by atoms with Gasteiger partial charge in [0.25, 0.3) is 0 Å². The highest BCUT2D eigenvalue weighted by Gasteiger charge is 1.97. The predicted molar refractivity (Wildman–Crippen MR) is 79.0 cm³/mol. The normalized spacial score (nSPS) is 10.3. The Labute approximate surface area is 119 Å². The molecule has 0 radical (unpaired) electrons. The molecule has 3 nitrogen and oxygen atoms in total. The second-order valence-electron chi connectivity index (χ2n) is 3.57. The number of hydrogen-bond donors (Lipinski definition) is 1. The molecule has 0 aliphatic heterocycles. The number of nitrogen functional groups attached to an aromatic ring is 1. The third-order valence-corrected chi connectivity index (χ3v) is 3.61. The maximum absolute atomic E-state index is 5.64. The summed E-state index contributed by atoms with van der Waals surface area (Å²) in [5.74, 6) is 2.29. The van der Waals surface area contributed by atoms with Crippen LogP contribution < -0.4 is 10.5 Å². The summed E-state index contributed by atoms with van der Waals surface area (Å²) in [5, 5.41) is 0. The molecule has 1 heterocycles. The van der Waals surface area contributed by atoms with Gasteiger partial charge in [-0.15, -0.1) is 11.8 Å². The molecule has 2 rings (SSSR count). The zero-order chi connectivity index (χ0) is 12.8. The van der Waals surface area contributed by atoms with Crippen LogP contribution in [-0.4, -0.2) is 17.3 Å². The number of thioether (sulfide) groups is 1. The van der Waals surface area contributed by atoms with Crippen LogP contribution in [0.25, 0.3) is 0 Å². The number of aromatic nitrogens is 1. The van der Waals surface area contributed by atoms with Crippen LogP contribution >= 0.6 is 27.7 Å². The number of anilines is 1. The molecule has 0 aliphatic carbocycles. The molecule has 18 heavy (non-hydrogen) atoms. The molecule has 0 unspecified atom stereocenters. The highest BCUT2D eigenvalue weighted by atomic mass is 79.9. The summed E-state index contributed by atoms with van der Waals surface area (Å²) in [6, 6.07) is 11.6. The van der Waals surface area contributed by atoms with Crippen molar-refractivity contribution < 1.29 is 4.74 Å². The van der Waals surface area contributed by atoms with Crippen LogP contribution in [0.4, 0.5) is 5.82 Å². The maximum Gasteiger partial charge on any atom is 0.123 e. The molecular weight excluding hydrogens is 312 g/mol. The fourth-order valence-electron chi connectivity index (χ4n) is 1.35. The number of rotatable bonds is 5. The van der Waals surface area contributed by atoms with Gasteiger partial charge in [-0.3, -0.25) is 0 Å². The summed E-state index contributed by atoms with van der Waals surface area (Å²) in [6.07, 6.45) is 1.78. The topological polar surface area (TPSA) is 48.1 Å². The molecule has 2 aromatic rings. The predicted octanol–water partition coefficient (Wildman–Crippen LogP) is 3.60.